The molecule has 0 aliphatic carbocycles. The smallest absolute Gasteiger partial charge is 0.322 e. The van der Waals surface area contributed by atoms with Gasteiger partial charge in [-0.15, -0.1) is 0 Å². The minimum Gasteiger partial charge on any atom is -0.497 e. The van der Waals surface area contributed by atoms with Crippen LogP contribution in [0.15, 0.2) is 48.5 Å². The summed E-state index contributed by atoms with van der Waals surface area (Å²) in [6, 6.07) is 14.8. The Balaban J connectivity index is 1.43. The predicted octanol–water partition coefficient (Wildman–Crippen LogP) is 3.16. The van der Waals surface area contributed by atoms with Crippen LogP contribution < -0.4 is 20.1 Å². The van der Waals surface area contributed by atoms with Gasteiger partial charge in [0.2, 0.25) is 0 Å². The lowest BCUT2D eigenvalue weighted by atomic mass is 9.74. The van der Waals surface area contributed by atoms with Gasteiger partial charge in [0.1, 0.15) is 17.0 Å². The Hall–Kier alpha value is -3.55. The van der Waals surface area contributed by atoms with Crippen molar-refractivity contribution in [1.29, 1.82) is 0 Å². The molecule has 2 aliphatic heterocycles. The quantitative estimate of drug-likeness (QED) is 0.584. The number of urea groups is 1. The number of hydrogen-bond donors (Lipinski definition) is 2. The highest BCUT2D eigenvalue weighted by atomic mass is 16.5. The van der Waals surface area contributed by atoms with E-state index in [1.165, 1.54) is 5.56 Å². The molecule has 2 fully saturated rings. The van der Waals surface area contributed by atoms with Crippen molar-refractivity contribution in [1.82, 2.24) is 15.5 Å². The SMILES string of the molecule is COc1cc(OC)cc(C(=O)N2CCC([C@]3(CCCc4ccccc4)NC(=O)NC3=O)CC2)c1. The maximum atomic E-state index is 13.2. The lowest BCUT2D eigenvalue weighted by Gasteiger charge is -2.40. The number of benzene rings is 2. The maximum Gasteiger partial charge on any atom is 0.322 e. The van der Waals surface area contributed by atoms with Crippen molar-refractivity contribution < 1.29 is 23.9 Å². The van der Waals surface area contributed by atoms with Crippen molar-refractivity contribution in [2.45, 2.75) is 37.6 Å². The minimum absolute atomic E-state index is 0.0429. The molecule has 1 atom stereocenters. The van der Waals surface area contributed by atoms with Crippen LogP contribution in [-0.2, 0) is 11.2 Å². The van der Waals surface area contributed by atoms with E-state index in [4.69, 9.17) is 9.47 Å². The van der Waals surface area contributed by atoms with E-state index in [0.29, 0.717) is 49.4 Å². The Kier molecular flexibility index (Phi) is 7.05. The van der Waals surface area contributed by atoms with E-state index in [-0.39, 0.29) is 17.7 Å². The van der Waals surface area contributed by atoms with E-state index < -0.39 is 11.6 Å². The second kappa shape index (κ2) is 10.2. The van der Waals surface area contributed by atoms with Crippen LogP contribution in [-0.4, -0.2) is 55.6 Å². The van der Waals surface area contributed by atoms with Gasteiger partial charge in [-0.25, -0.2) is 4.79 Å². The number of piperidine rings is 1. The van der Waals surface area contributed by atoms with E-state index in [1.54, 1.807) is 37.3 Å². The van der Waals surface area contributed by atoms with E-state index in [9.17, 15) is 14.4 Å². The van der Waals surface area contributed by atoms with Crippen LogP contribution in [0.25, 0.3) is 0 Å². The van der Waals surface area contributed by atoms with Crippen molar-refractivity contribution in [3.05, 3.63) is 59.7 Å². The number of carbonyl (C=O) groups is 3. The number of methoxy groups -OCH3 is 2. The third kappa shape index (κ3) is 4.85. The van der Waals surface area contributed by atoms with Gasteiger partial charge in [-0.1, -0.05) is 30.3 Å². The Morgan fingerprint density at radius 1 is 1.03 bits per heavy atom. The average Bonchev–Trinajstić information content (AvgIpc) is 3.17. The summed E-state index contributed by atoms with van der Waals surface area (Å²) in [4.78, 5) is 40.0. The van der Waals surface area contributed by atoms with Crippen LogP contribution in [0.2, 0.25) is 0 Å². The van der Waals surface area contributed by atoms with Crippen molar-refractivity contribution in [2.24, 2.45) is 5.92 Å². The number of nitrogens with zero attached hydrogens (tertiary/aromatic N) is 1. The molecular weight excluding hydrogens is 434 g/mol. The fourth-order valence-electron chi connectivity index (χ4n) is 5.08. The molecule has 0 spiro atoms. The number of carbonyl (C=O) groups excluding carboxylic acids is 3. The first-order chi connectivity index (χ1) is 16.4. The molecule has 34 heavy (non-hydrogen) atoms. The summed E-state index contributed by atoms with van der Waals surface area (Å²) in [6.07, 6.45) is 3.43. The number of ether oxygens (including phenoxy) is 2. The zero-order valence-corrected chi connectivity index (χ0v) is 19.6. The van der Waals surface area contributed by atoms with Crippen LogP contribution in [0.4, 0.5) is 4.79 Å². The molecule has 8 nitrogen and oxygen atoms in total. The van der Waals surface area contributed by atoms with Gasteiger partial charge < -0.3 is 19.7 Å². The second-order valence-electron chi connectivity index (χ2n) is 8.89. The highest BCUT2D eigenvalue weighted by Gasteiger charge is 2.51. The van der Waals surface area contributed by atoms with Gasteiger partial charge in [-0.2, -0.15) is 0 Å². The molecule has 0 bridgehead atoms. The minimum atomic E-state index is -0.930. The maximum absolute atomic E-state index is 13.2. The zero-order chi connectivity index (χ0) is 24.1. The number of rotatable bonds is 8. The molecule has 0 radical (unpaired) electrons. The summed E-state index contributed by atoms with van der Waals surface area (Å²) in [5.41, 5.74) is 0.774. The van der Waals surface area contributed by atoms with Gasteiger partial charge in [0.05, 0.1) is 14.2 Å². The molecule has 0 unspecified atom stereocenters. The lowest BCUT2D eigenvalue weighted by Crippen LogP contribution is -2.56. The molecule has 0 aromatic heterocycles. The number of likely N-dealkylation sites (tertiary alicyclic amines) is 1. The van der Waals surface area contributed by atoms with Crippen molar-refractivity contribution in [3.63, 3.8) is 0 Å². The Labute approximate surface area is 199 Å². The third-order valence-corrected chi connectivity index (χ3v) is 6.93. The monoisotopic (exact) mass is 465 g/mol. The molecule has 2 saturated heterocycles. The van der Waals surface area contributed by atoms with Crippen molar-refractivity contribution in [2.75, 3.05) is 27.3 Å². The first-order valence-corrected chi connectivity index (χ1v) is 11.6. The Morgan fingerprint density at radius 2 is 1.68 bits per heavy atom. The van der Waals surface area contributed by atoms with Gasteiger partial charge in [-0.3, -0.25) is 14.9 Å². The first-order valence-electron chi connectivity index (χ1n) is 11.6. The van der Waals surface area contributed by atoms with Gasteiger partial charge in [0.25, 0.3) is 11.8 Å². The summed E-state index contributed by atoms with van der Waals surface area (Å²) in [5, 5.41) is 5.38. The molecule has 4 rings (SSSR count). The van der Waals surface area contributed by atoms with E-state index in [1.807, 2.05) is 18.2 Å². The number of nitrogens with one attached hydrogen (secondary N) is 2. The zero-order valence-electron chi connectivity index (χ0n) is 19.6. The number of hydrogen-bond acceptors (Lipinski definition) is 5. The number of aryl methyl sites for hydroxylation is 1. The number of imide groups is 1. The van der Waals surface area contributed by atoms with E-state index in [2.05, 4.69) is 22.8 Å². The first kappa shape index (κ1) is 23.6. The van der Waals surface area contributed by atoms with Crippen LogP contribution in [0.1, 0.15) is 41.6 Å². The van der Waals surface area contributed by atoms with Gasteiger partial charge in [0, 0.05) is 24.7 Å². The van der Waals surface area contributed by atoms with Gasteiger partial charge in [0.15, 0.2) is 0 Å². The van der Waals surface area contributed by atoms with Crippen molar-refractivity contribution >= 4 is 17.8 Å². The fraction of sp³-hybridized carbons (Fsp3) is 0.423. The highest BCUT2D eigenvalue weighted by Crippen LogP contribution is 2.35. The van der Waals surface area contributed by atoms with Gasteiger partial charge >= 0.3 is 6.03 Å². The molecule has 8 heteroatoms. The molecule has 2 aromatic rings. The molecule has 180 valence electrons. The molecule has 4 amide bonds. The summed E-state index contributed by atoms with van der Waals surface area (Å²) >= 11 is 0. The van der Waals surface area contributed by atoms with Crippen LogP contribution >= 0.6 is 0 Å². The molecule has 2 aromatic carbocycles. The standard InChI is InChI=1S/C26H31N3O5/c1-33-21-15-19(16-22(17-21)34-2)23(30)29-13-10-20(11-14-29)26(24(31)27-25(32)28-26)12-6-9-18-7-4-3-5-8-18/h3-5,7-8,15-17,20H,6,9-14H2,1-2H3,(H2,27,28,31,32)/t26-/m0/s1. The highest BCUT2D eigenvalue weighted by molar-refractivity contribution is 6.07. The van der Waals surface area contributed by atoms with Crippen LogP contribution in [0.3, 0.4) is 0 Å². The van der Waals surface area contributed by atoms with Gasteiger partial charge in [-0.05, 0) is 55.7 Å². The molecule has 2 aliphatic rings. The Bertz CT molecular complexity index is 1030. The van der Waals surface area contributed by atoms with Crippen LogP contribution in [0.5, 0.6) is 11.5 Å². The topological polar surface area (TPSA) is 97.0 Å². The summed E-state index contributed by atoms with van der Waals surface area (Å²) < 4.78 is 10.6. The summed E-state index contributed by atoms with van der Waals surface area (Å²) in [5.74, 6) is 0.709. The van der Waals surface area contributed by atoms with Crippen molar-refractivity contribution in [3.8, 4) is 11.5 Å². The number of amides is 4. The van der Waals surface area contributed by atoms with E-state index >= 15 is 0 Å². The third-order valence-electron chi connectivity index (χ3n) is 6.93. The molecule has 0 saturated carbocycles. The normalized spacial score (nSPS) is 20.6. The molecular formula is C26H31N3O5. The average molecular weight is 466 g/mol. The molecule has 2 heterocycles. The predicted molar refractivity (Wildman–Crippen MR) is 127 cm³/mol. The molecule has 2 N–H and O–H groups in total. The largest absolute Gasteiger partial charge is 0.497 e. The fourth-order valence-corrected chi connectivity index (χ4v) is 5.08. The van der Waals surface area contributed by atoms with Crippen LogP contribution in [0, 0.1) is 5.92 Å². The lowest BCUT2D eigenvalue weighted by molar-refractivity contribution is -0.127. The summed E-state index contributed by atoms with van der Waals surface area (Å²) in [6.45, 7) is 1.01. The second-order valence-corrected chi connectivity index (χ2v) is 8.89. The van der Waals surface area contributed by atoms with E-state index in [0.717, 1.165) is 12.8 Å². The Morgan fingerprint density at radius 3 is 2.24 bits per heavy atom. The summed E-state index contributed by atoms with van der Waals surface area (Å²) in [7, 11) is 3.10.